The van der Waals surface area contributed by atoms with Gasteiger partial charge in [-0.3, -0.25) is 0 Å². The zero-order chi connectivity index (χ0) is 20.5. The second kappa shape index (κ2) is 7.62. The van der Waals surface area contributed by atoms with Crippen LogP contribution < -0.4 is 0 Å². The van der Waals surface area contributed by atoms with Crippen molar-refractivity contribution in [2.75, 3.05) is 0 Å². The first-order valence-electron chi connectivity index (χ1n) is 8.85. The molecule has 0 atom stereocenters. The Morgan fingerprint density at radius 3 is 2.21 bits per heavy atom. The van der Waals surface area contributed by atoms with Crippen molar-refractivity contribution in [3.63, 3.8) is 0 Å². The molecule has 0 N–H and O–H groups in total. The molecule has 148 valence electrons. The Bertz CT molecular complexity index is 954. The van der Waals surface area contributed by atoms with Gasteiger partial charge in [-0.1, -0.05) is 75.0 Å². The van der Waals surface area contributed by atoms with Crippen LogP contribution in [0.3, 0.4) is 0 Å². The number of hydrogen-bond donors (Lipinski definition) is 0. The molecule has 0 fully saturated rings. The van der Waals surface area contributed by atoms with E-state index in [9.17, 15) is 13.2 Å². The van der Waals surface area contributed by atoms with Crippen LogP contribution in [0.1, 0.15) is 37.5 Å². The average molecular weight is 405 g/mol. The van der Waals surface area contributed by atoms with E-state index in [4.69, 9.17) is 0 Å². The summed E-state index contributed by atoms with van der Waals surface area (Å²) in [5, 5.41) is 9.12. The molecule has 0 saturated carbocycles. The monoisotopic (exact) mass is 405 g/mol. The minimum absolute atomic E-state index is 0.0738. The number of halogens is 3. The minimum Gasteiger partial charge on any atom is -0.305 e. The van der Waals surface area contributed by atoms with Gasteiger partial charge in [0.1, 0.15) is 0 Å². The van der Waals surface area contributed by atoms with E-state index in [-0.39, 0.29) is 5.41 Å². The first-order chi connectivity index (χ1) is 13.1. The zero-order valence-electron chi connectivity index (χ0n) is 16.2. The Morgan fingerprint density at radius 1 is 0.929 bits per heavy atom. The van der Waals surface area contributed by atoms with Crippen LogP contribution in [0.4, 0.5) is 13.2 Å². The van der Waals surface area contributed by atoms with Gasteiger partial charge < -0.3 is 4.57 Å². The van der Waals surface area contributed by atoms with Crippen LogP contribution in [-0.2, 0) is 24.4 Å². The Labute approximate surface area is 167 Å². The molecule has 0 aliphatic carbocycles. The number of thioether (sulfide) groups is 1. The second-order valence-electron chi connectivity index (χ2n) is 7.68. The van der Waals surface area contributed by atoms with Gasteiger partial charge >= 0.3 is 6.18 Å². The zero-order valence-corrected chi connectivity index (χ0v) is 17.0. The summed E-state index contributed by atoms with van der Waals surface area (Å²) in [5.74, 6) is 1.12. The lowest BCUT2D eigenvalue weighted by Crippen LogP contribution is -2.10. The molecule has 3 aromatic rings. The third-order valence-corrected chi connectivity index (χ3v) is 5.56. The molecule has 28 heavy (non-hydrogen) atoms. The predicted molar refractivity (Wildman–Crippen MR) is 106 cm³/mol. The normalized spacial score (nSPS) is 12.4. The molecule has 0 aliphatic heterocycles. The fourth-order valence-corrected chi connectivity index (χ4v) is 3.65. The summed E-state index contributed by atoms with van der Waals surface area (Å²) in [5.41, 5.74) is 2.22. The van der Waals surface area contributed by atoms with Crippen molar-refractivity contribution in [1.29, 1.82) is 0 Å². The number of aromatic nitrogens is 3. The van der Waals surface area contributed by atoms with Crippen LogP contribution in [0.2, 0.25) is 0 Å². The lowest BCUT2D eigenvalue weighted by molar-refractivity contribution is -0.137. The summed E-state index contributed by atoms with van der Waals surface area (Å²) < 4.78 is 40.4. The Balaban J connectivity index is 1.75. The first kappa shape index (κ1) is 20.5. The predicted octanol–water partition coefficient (Wildman–Crippen LogP) is 6.09. The molecule has 0 spiro atoms. The van der Waals surface area contributed by atoms with Crippen molar-refractivity contribution in [3.05, 3.63) is 65.2 Å². The maximum atomic E-state index is 12.9. The van der Waals surface area contributed by atoms with Crippen LogP contribution in [-0.4, -0.2) is 14.8 Å². The van der Waals surface area contributed by atoms with Crippen LogP contribution in [0, 0.1) is 0 Å². The number of rotatable bonds is 4. The van der Waals surface area contributed by atoms with Gasteiger partial charge in [-0.15, -0.1) is 10.2 Å². The molecular formula is C21H22F3N3S. The van der Waals surface area contributed by atoms with Crippen molar-refractivity contribution in [1.82, 2.24) is 14.8 Å². The summed E-state index contributed by atoms with van der Waals surface area (Å²) in [6, 6.07) is 13.6. The third kappa shape index (κ3) is 4.58. The van der Waals surface area contributed by atoms with E-state index in [1.54, 1.807) is 6.07 Å². The average Bonchev–Trinajstić information content (AvgIpc) is 2.99. The molecule has 1 aromatic heterocycles. The SMILES string of the molecule is Cn1c(SCc2cccc(C(F)(F)F)c2)nnc1-c1ccc(C(C)(C)C)cc1. The van der Waals surface area contributed by atoms with Crippen LogP contribution in [0.25, 0.3) is 11.4 Å². The second-order valence-corrected chi connectivity index (χ2v) is 8.62. The Hall–Kier alpha value is -2.28. The van der Waals surface area contributed by atoms with E-state index >= 15 is 0 Å². The largest absolute Gasteiger partial charge is 0.416 e. The molecule has 0 saturated heterocycles. The summed E-state index contributed by atoms with van der Waals surface area (Å²) in [7, 11) is 1.86. The molecule has 0 unspecified atom stereocenters. The van der Waals surface area contributed by atoms with Crippen molar-refractivity contribution in [2.45, 2.75) is 43.3 Å². The Kier molecular flexibility index (Phi) is 5.57. The molecule has 0 amide bonds. The van der Waals surface area contributed by atoms with Gasteiger partial charge in [-0.2, -0.15) is 13.2 Å². The highest BCUT2D eigenvalue weighted by atomic mass is 32.2. The van der Waals surface area contributed by atoms with Gasteiger partial charge in [0.05, 0.1) is 5.56 Å². The van der Waals surface area contributed by atoms with Crippen molar-refractivity contribution in [3.8, 4) is 11.4 Å². The van der Waals surface area contributed by atoms with Crippen LogP contribution >= 0.6 is 11.8 Å². The minimum atomic E-state index is -4.34. The highest BCUT2D eigenvalue weighted by Gasteiger charge is 2.30. The lowest BCUT2D eigenvalue weighted by Gasteiger charge is -2.19. The molecule has 1 heterocycles. The lowest BCUT2D eigenvalue weighted by atomic mass is 9.87. The third-order valence-electron chi connectivity index (χ3n) is 4.47. The fraction of sp³-hybridized carbons (Fsp3) is 0.333. The molecule has 0 aliphatic rings. The van der Waals surface area contributed by atoms with Gasteiger partial charge in [0, 0.05) is 18.4 Å². The Morgan fingerprint density at radius 2 is 1.61 bits per heavy atom. The van der Waals surface area contributed by atoms with Crippen molar-refractivity contribution < 1.29 is 13.2 Å². The van der Waals surface area contributed by atoms with Crippen molar-refractivity contribution in [2.24, 2.45) is 7.05 Å². The van der Waals surface area contributed by atoms with Crippen molar-refractivity contribution >= 4 is 11.8 Å². The molecule has 3 nitrogen and oxygen atoms in total. The van der Waals surface area contributed by atoms with Gasteiger partial charge in [0.25, 0.3) is 0 Å². The molecule has 2 aromatic carbocycles. The van der Waals surface area contributed by atoms with Gasteiger partial charge in [-0.25, -0.2) is 0 Å². The van der Waals surface area contributed by atoms with E-state index in [0.29, 0.717) is 16.5 Å². The van der Waals surface area contributed by atoms with E-state index in [1.807, 2.05) is 23.7 Å². The van der Waals surface area contributed by atoms with Crippen LogP contribution in [0.15, 0.2) is 53.7 Å². The standard InChI is InChI=1S/C21H22F3N3S/c1-20(2,3)16-10-8-15(9-11-16)18-25-26-19(27(18)4)28-13-14-6-5-7-17(12-14)21(22,23)24/h5-12H,13H2,1-4H3. The fourth-order valence-electron chi connectivity index (χ4n) is 2.80. The summed E-state index contributed by atoms with van der Waals surface area (Å²) in [6.07, 6.45) is -4.34. The number of benzene rings is 2. The summed E-state index contributed by atoms with van der Waals surface area (Å²) >= 11 is 1.36. The molecule has 7 heteroatoms. The molecular weight excluding hydrogens is 383 g/mol. The summed E-state index contributed by atoms with van der Waals surface area (Å²) in [4.78, 5) is 0. The summed E-state index contributed by atoms with van der Waals surface area (Å²) in [6.45, 7) is 6.48. The van der Waals surface area contributed by atoms with Gasteiger partial charge in [0.15, 0.2) is 11.0 Å². The van der Waals surface area contributed by atoms with E-state index in [0.717, 1.165) is 17.5 Å². The number of nitrogens with zero attached hydrogens (tertiary/aromatic N) is 3. The van der Waals surface area contributed by atoms with Gasteiger partial charge in [0.2, 0.25) is 0 Å². The van der Waals surface area contributed by atoms with E-state index in [1.165, 1.54) is 29.5 Å². The first-order valence-corrected chi connectivity index (χ1v) is 9.83. The quantitative estimate of drug-likeness (QED) is 0.492. The molecule has 0 bridgehead atoms. The molecule has 0 radical (unpaired) electrons. The number of hydrogen-bond acceptors (Lipinski definition) is 3. The smallest absolute Gasteiger partial charge is 0.305 e. The maximum Gasteiger partial charge on any atom is 0.416 e. The van der Waals surface area contributed by atoms with E-state index < -0.39 is 11.7 Å². The van der Waals surface area contributed by atoms with E-state index in [2.05, 4.69) is 43.1 Å². The van der Waals surface area contributed by atoms with Gasteiger partial charge in [-0.05, 0) is 22.6 Å². The maximum absolute atomic E-state index is 12.9. The molecule has 3 rings (SSSR count). The topological polar surface area (TPSA) is 30.7 Å². The highest BCUT2D eigenvalue weighted by molar-refractivity contribution is 7.98. The van der Waals surface area contributed by atoms with Crippen LogP contribution in [0.5, 0.6) is 0 Å². The highest BCUT2D eigenvalue weighted by Crippen LogP contribution is 2.32. The number of alkyl halides is 3.